The average Bonchev–Trinajstić information content (AvgIpc) is 3.42. The Morgan fingerprint density at radius 3 is 2.76 bits per heavy atom. The molecular formula is C26H28N6O2. The van der Waals surface area contributed by atoms with Crippen LogP contribution in [0.2, 0.25) is 0 Å². The molecule has 0 aliphatic carbocycles. The van der Waals surface area contributed by atoms with Crippen LogP contribution < -0.4 is 20.3 Å². The first-order valence-electron chi connectivity index (χ1n) is 11.7. The summed E-state index contributed by atoms with van der Waals surface area (Å²) in [6.07, 6.45) is 2.82. The van der Waals surface area contributed by atoms with Crippen molar-refractivity contribution in [3.8, 4) is 23.1 Å². The van der Waals surface area contributed by atoms with Crippen molar-refractivity contribution < 1.29 is 9.47 Å². The standard InChI is InChI=1S/C26H28N6O2/c27-16-21-15-20(1-6-25(21)34-18-19-7-9-28-17-19)24-8-10-29-26(31-24)30-22-2-4-23(5-3-22)32-11-13-33-14-12-32/h1-6,8,10,15,19,28H,7,9,11-14,17-18H2,(H,29,30,31). The third kappa shape index (κ3) is 5.28. The predicted octanol–water partition coefficient (Wildman–Crippen LogP) is 3.58. The number of benzene rings is 2. The molecule has 2 aliphatic rings. The van der Waals surface area contributed by atoms with Crippen molar-refractivity contribution in [2.45, 2.75) is 6.42 Å². The van der Waals surface area contributed by atoms with Crippen molar-refractivity contribution in [2.75, 3.05) is 56.2 Å². The summed E-state index contributed by atoms with van der Waals surface area (Å²) in [5, 5.41) is 16.3. The first kappa shape index (κ1) is 22.1. The minimum atomic E-state index is 0.490. The number of rotatable bonds is 7. The normalized spacial score (nSPS) is 17.9. The van der Waals surface area contributed by atoms with Crippen LogP contribution in [0.25, 0.3) is 11.3 Å². The van der Waals surface area contributed by atoms with Crippen molar-refractivity contribution in [1.29, 1.82) is 5.26 Å². The van der Waals surface area contributed by atoms with E-state index in [1.165, 1.54) is 5.69 Å². The fourth-order valence-electron chi connectivity index (χ4n) is 4.25. The Morgan fingerprint density at radius 1 is 1.15 bits per heavy atom. The molecule has 2 N–H and O–H groups in total. The molecule has 8 nitrogen and oxygen atoms in total. The Hall–Kier alpha value is -3.67. The molecule has 3 aromatic rings. The lowest BCUT2D eigenvalue weighted by atomic mass is 10.1. The summed E-state index contributed by atoms with van der Waals surface area (Å²) in [4.78, 5) is 11.3. The first-order chi connectivity index (χ1) is 16.8. The zero-order valence-electron chi connectivity index (χ0n) is 19.0. The van der Waals surface area contributed by atoms with Crippen molar-refractivity contribution in [1.82, 2.24) is 15.3 Å². The van der Waals surface area contributed by atoms with Gasteiger partial charge in [0.15, 0.2) is 0 Å². The summed E-state index contributed by atoms with van der Waals surface area (Å²) < 4.78 is 11.4. The zero-order valence-corrected chi connectivity index (χ0v) is 19.0. The Bertz CT molecular complexity index is 1150. The molecule has 1 aromatic heterocycles. The molecule has 174 valence electrons. The van der Waals surface area contributed by atoms with E-state index in [1.54, 1.807) is 6.20 Å². The summed E-state index contributed by atoms with van der Waals surface area (Å²) in [6.45, 7) is 5.95. The number of nitrogens with zero attached hydrogens (tertiary/aromatic N) is 4. The lowest BCUT2D eigenvalue weighted by molar-refractivity contribution is 0.122. The molecule has 8 heteroatoms. The van der Waals surface area contributed by atoms with Gasteiger partial charge in [-0.05, 0) is 61.5 Å². The number of hydrogen-bond donors (Lipinski definition) is 2. The van der Waals surface area contributed by atoms with Gasteiger partial charge in [0.1, 0.15) is 11.8 Å². The highest BCUT2D eigenvalue weighted by Crippen LogP contribution is 2.27. The van der Waals surface area contributed by atoms with Crippen LogP contribution in [-0.2, 0) is 4.74 Å². The Balaban J connectivity index is 1.27. The van der Waals surface area contributed by atoms with Crippen LogP contribution in [0.1, 0.15) is 12.0 Å². The smallest absolute Gasteiger partial charge is 0.227 e. The van der Waals surface area contributed by atoms with E-state index in [0.29, 0.717) is 29.8 Å². The maximum absolute atomic E-state index is 9.65. The number of hydrogen-bond acceptors (Lipinski definition) is 8. The minimum absolute atomic E-state index is 0.490. The largest absolute Gasteiger partial charge is 0.492 e. The molecule has 0 amide bonds. The fourth-order valence-corrected chi connectivity index (χ4v) is 4.25. The topological polar surface area (TPSA) is 95.3 Å². The van der Waals surface area contributed by atoms with Crippen LogP contribution in [0, 0.1) is 17.2 Å². The Morgan fingerprint density at radius 2 is 2.00 bits per heavy atom. The van der Waals surface area contributed by atoms with Gasteiger partial charge in [-0.2, -0.15) is 5.26 Å². The van der Waals surface area contributed by atoms with Gasteiger partial charge in [0.05, 0.1) is 31.1 Å². The second kappa shape index (κ2) is 10.5. The van der Waals surface area contributed by atoms with Crippen LogP contribution >= 0.6 is 0 Å². The molecule has 3 heterocycles. The van der Waals surface area contributed by atoms with Crippen molar-refractivity contribution in [3.05, 3.63) is 60.3 Å². The predicted molar refractivity (Wildman–Crippen MR) is 131 cm³/mol. The fraction of sp³-hybridized carbons (Fsp3) is 0.346. The lowest BCUT2D eigenvalue weighted by Gasteiger charge is -2.28. The summed E-state index contributed by atoms with van der Waals surface area (Å²) in [5.41, 5.74) is 4.19. The number of ether oxygens (including phenoxy) is 2. The van der Waals surface area contributed by atoms with Gasteiger partial charge in [0.25, 0.3) is 0 Å². The first-order valence-corrected chi connectivity index (χ1v) is 11.7. The molecule has 2 fully saturated rings. The highest BCUT2D eigenvalue weighted by atomic mass is 16.5. The van der Waals surface area contributed by atoms with Gasteiger partial charge in [-0.1, -0.05) is 0 Å². The third-order valence-electron chi connectivity index (χ3n) is 6.19. The van der Waals surface area contributed by atoms with Crippen LogP contribution in [0.4, 0.5) is 17.3 Å². The molecule has 2 aromatic carbocycles. The molecule has 0 bridgehead atoms. The van der Waals surface area contributed by atoms with Crippen molar-refractivity contribution in [3.63, 3.8) is 0 Å². The number of aromatic nitrogens is 2. The molecule has 1 atom stereocenters. The van der Waals surface area contributed by atoms with E-state index in [-0.39, 0.29) is 0 Å². The van der Waals surface area contributed by atoms with E-state index < -0.39 is 0 Å². The second-order valence-corrected chi connectivity index (χ2v) is 8.53. The summed E-state index contributed by atoms with van der Waals surface area (Å²) >= 11 is 0. The van der Waals surface area contributed by atoms with E-state index in [2.05, 4.69) is 43.7 Å². The van der Waals surface area contributed by atoms with E-state index in [0.717, 1.165) is 62.8 Å². The molecule has 0 saturated carbocycles. The van der Waals surface area contributed by atoms with Crippen LogP contribution in [0.5, 0.6) is 5.75 Å². The van der Waals surface area contributed by atoms with E-state index >= 15 is 0 Å². The summed E-state index contributed by atoms with van der Waals surface area (Å²) in [7, 11) is 0. The highest BCUT2D eigenvalue weighted by molar-refractivity contribution is 5.66. The van der Waals surface area contributed by atoms with Gasteiger partial charge in [0, 0.05) is 48.7 Å². The van der Waals surface area contributed by atoms with Gasteiger partial charge in [-0.25, -0.2) is 9.97 Å². The summed E-state index contributed by atoms with van der Waals surface area (Å²) in [5.74, 6) is 1.61. The highest BCUT2D eigenvalue weighted by Gasteiger charge is 2.16. The van der Waals surface area contributed by atoms with E-state index in [1.807, 2.05) is 36.4 Å². The molecule has 2 saturated heterocycles. The third-order valence-corrected chi connectivity index (χ3v) is 6.19. The molecule has 1 unspecified atom stereocenters. The van der Waals surface area contributed by atoms with Gasteiger partial charge in [-0.3, -0.25) is 0 Å². The number of anilines is 3. The van der Waals surface area contributed by atoms with Gasteiger partial charge >= 0.3 is 0 Å². The van der Waals surface area contributed by atoms with E-state index in [9.17, 15) is 5.26 Å². The zero-order chi connectivity index (χ0) is 23.2. The Labute approximate surface area is 199 Å². The average molecular weight is 457 g/mol. The maximum atomic E-state index is 9.65. The minimum Gasteiger partial charge on any atom is -0.492 e. The quantitative estimate of drug-likeness (QED) is 0.557. The monoisotopic (exact) mass is 456 g/mol. The van der Waals surface area contributed by atoms with Crippen LogP contribution in [0.15, 0.2) is 54.7 Å². The van der Waals surface area contributed by atoms with Crippen molar-refractivity contribution >= 4 is 17.3 Å². The SMILES string of the molecule is N#Cc1cc(-c2ccnc(Nc3ccc(N4CCOCC4)cc3)n2)ccc1OCC1CCNC1. The second-order valence-electron chi connectivity index (χ2n) is 8.53. The number of morpholine rings is 1. The van der Waals surface area contributed by atoms with Gasteiger partial charge in [-0.15, -0.1) is 0 Å². The number of nitrogens with one attached hydrogen (secondary N) is 2. The molecule has 5 rings (SSSR count). The molecule has 34 heavy (non-hydrogen) atoms. The number of nitriles is 1. The Kier molecular flexibility index (Phi) is 6.84. The van der Waals surface area contributed by atoms with Gasteiger partial charge < -0.3 is 25.0 Å². The van der Waals surface area contributed by atoms with Crippen molar-refractivity contribution in [2.24, 2.45) is 5.92 Å². The molecule has 0 spiro atoms. The van der Waals surface area contributed by atoms with Crippen LogP contribution in [0.3, 0.4) is 0 Å². The van der Waals surface area contributed by atoms with E-state index in [4.69, 9.17) is 9.47 Å². The maximum Gasteiger partial charge on any atom is 0.227 e. The summed E-state index contributed by atoms with van der Waals surface area (Å²) in [6, 6.07) is 18.0. The molecular weight excluding hydrogens is 428 g/mol. The molecule has 0 radical (unpaired) electrons. The van der Waals surface area contributed by atoms with Gasteiger partial charge in [0.2, 0.25) is 5.95 Å². The van der Waals surface area contributed by atoms with Crippen LogP contribution in [-0.4, -0.2) is 56.0 Å². The lowest BCUT2D eigenvalue weighted by Crippen LogP contribution is -2.36. The molecule has 2 aliphatic heterocycles.